The monoisotopic (exact) mass is 297 g/mol. The van der Waals surface area contributed by atoms with Gasteiger partial charge in [-0.1, -0.05) is 23.1 Å². The summed E-state index contributed by atoms with van der Waals surface area (Å²) in [4.78, 5) is 11.3. The fourth-order valence-electron chi connectivity index (χ4n) is 1.40. The second kappa shape index (κ2) is 5.98. The van der Waals surface area contributed by atoms with E-state index < -0.39 is 4.92 Å². The molecule has 0 aliphatic rings. The normalized spacial score (nSPS) is 10.4. The summed E-state index contributed by atoms with van der Waals surface area (Å²) in [5.74, 6) is 0.277. The van der Waals surface area contributed by atoms with Gasteiger partial charge >= 0.3 is 5.69 Å². The molecule has 0 aliphatic heterocycles. The molecule has 0 saturated carbocycles. The fourth-order valence-corrected chi connectivity index (χ4v) is 3.22. The molecule has 0 fully saturated rings. The maximum Gasteiger partial charge on any atom is 0.310 e. The third-order valence-corrected chi connectivity index (χ3v) is 4.02. The molecule has 0 radical (unpaired) electrons. The van der Waals surface area contributed by atoms with Gasteiger partial charge in [-0.3, -0.25) is 10.1 Å². The van der Waals surface area contributed by atoms with Gasteiger partial charge in [-0.05, 0) is 19.9 Å². The lowest BCUT2D eigenvalue weighted by Gasteiger charge is -2.05. The van der Waals surface area contributed by atoms with Gasteiger partial charge in [0.25, 0.3) is 0 Å². The first-order valence-corrected chi connectivity index (χ1v) is 7.12. The molecule has 1 aromatic carbocycles. The average Bonchev–Trinajstić information content (AvgIpc) is 2.75. The minimum Gasteiger partial charge on any atom is -0.487 e. The highest BCUT2D eigenvalue weighted by atomic mass is 32.2. The van der Waals surface area contributed by atoms with E-state index in [9.17, 15) is 10.1 Å². The van der Waals surface area contributed by atoms with E-state index in [2.05, 4.69) is 10.2 Å². The van der Waals surface area contributed by atoms with Crippen molar-refractivity contribution < 1.29 is 9.66 Å². The zero-order valence-electron chi connectivity index (χ0n) is 10.3. The third kappa shape index (κ3) is 3.42. The first-order valence-electron chi connectivity index (χ1n) is 5.49. The Hall–Kier alpha value is -1.67. The van der Waals surface area contributed by atoms with Crippen LogP contribution in [0.4, 0.5) is 5.69 Å². The summed E-state index contributed by atoms with van der Waals surface area (Å²) in [7, 11) is 0. The van der Waals surface area contributed by atoms with Gasteiger partial charge in [0.05, 0.1) is 11.5 Å². The van der Waals surface area contributed by atoms with Gasteiger partial charge in [0.15, 0.2) is 10.1 Å². The van der Waals surface area contributed by atoms with Crippen molar-refractivity contribution >= 4 is 28.8 Å². The lowest BCUT2D eigenvalue weighted by atomic mass is 10.3. The molecule has 2 rings (SSSR count). The Kier molecular flexibility index (Phi) is 4.33. The molecule has 0 amide bonds. The standard InChI is InChI=1S/C11H11N3O3S2/c1-3-17-10-6-8(4-5-9(10)14(15)16)19-11-13-12-7(2)18-11/h4-6H,3H2,1-2H3. The van der Waals surface area contributed by atoms with Gasteiger partial charge in [0.1, 0.15) is 5.01 Å². The number of rotatable bonds is 5. The Balaban J connectivity index is 2.27. The number of aryl methyl sites for hydroxylation is 1. The minimum absolute atomic E-state index is 0.0281. The number of nitro groups is 1. The van der Waals surface area contributed by atoms with E-state index >= 15 is 0 Å². The summed E-state index contributed by atoms with van der Waals surface area (Å²) in [6.07, 6.45) is 0. The van der Waals surface area contributed by atoms with Crippen molar-refractivity contribution in [2.75, 3.05) is 6.61 Å². The molecule has 0 bridgehead atoms. The lowest BCUT2D eigenvalue weighted by Crippen LogP contribution is -1.97. The van der Waals surface area contributed by atoms with Gasteiger partial charge in [0, 0.05) is 17.0 Å². The molecule has 0 saturated heterocycles. The highest BCUT2D eigenvalue weighted by Gasteiger charge is 2.16. The van der Waals surface area contributed by atoms with Crippen LogP contribution in [0.25, 0.3) is 0 Å². The summed E-state index contributed by atoms with van der Waals surface area (Å²) in [5.41, 5.74) is -0.0281. The molecular formula is C11H11N3O3S2. The number of benzene rings is 1. The Bertz CT molecular complexity index is 601. The van der Waals surface area contributed by atoms with Gasteiger partial charge in [0.2, 0.25) is 0 Å². The van der Waals surface area contributed by atoms with E-state index in [1.165, 1.54) is 29.2 Å². The van der Waals surface area contributed by atoms with E-state index in [-0.39, 0.29) is 11.4 Å². The molecule has 2 aromatic rings. The summed E-state index contributed by atoms with van der Waals surface area (Å²) >= 11 is 2.89. The van der Waals surface area contributed by atoms with Crippen molar-refractivity contribution in [3.05, 3.63) is 33.3 Å². The van der Waals surface area contributed by atoms with Crippen LogP contribution in [0.2, 0.25) is 0 Å². The van der Waals surface area contributed by atoms with Gasteiger partial charge < -0.3 is 4.74 Å². The first-order chi connectivity index (χ1) is 9.10. The fraction of sp³-hybridized carbons (Fsp3) is 0.273. The molecule has 1 heterocycles. The van der Waals surface area contributed by atoms with Gasteiger partial charge in [-0.25, -0.2) is 0 Å². The molecule has 0 aliphatic carbocycles. The number of ether oxygens (including phenoxy) is 1. The number of hydrogen-bond donors (Lipinski definition) is 0. The quantitative estimate of drug-likeness (QED) is 0.622. The molecule has 0 N–H and O–H groups in total. The molecule has 0 spiro atoms. The van der Waals surface area contributed by atoms with Crippen LogP contribution < -0.4 is 4.74 Å². The largest absolute Gasteiger partial charge is 0.487 e. The molecule has 19 heavy (non-hydrogen) atoms. The SMILES string of the molecule is CCOc1cc(Sc2nnc(C)s2)ccc1[N+](=O)[O-]. The van der Waals surface area contributed by atoms with Crippen LogP contribution in [0, 0.1) is 17.0 Å². The molecule has 0 atom stereocenters. The highest BCUT2D eigenvalue weighted by Crippen LogP contribution is 2.36. The van der Waals surface area contributed by atoms with Crippen molar-refractivity contribution in [3.63, 3.8) is 0 Å². The number of nitro benzene ring substituents is 1. The lowest BCUT2D eigenvalue weighted by molar-refractivity contribution is -0.385. The van der Waals surface area contributed by atoms with Gasteiger partial charge in [-0.2, -0.15) is 0 Å². The first kappa shape index (κ1) is 13.8. The van der Waals surface area contributed by atoms with Crippen molar-refractivity contribution in [1.29, 1.82) is 0 Å². The van der Waals surface area contributed by atoms with E-state index in [1.54, 1.807) is 19.1 Å². The molecule has 100 valence electrons. The van der Waals surface area contributed by atoms with E-state index in [0.717, 1.165) is 14.2 Å². The van der Waals surface area contributed by atoms with E-state index in [0.29, 0.717) is 6.61 Å². The molecule has 6 nitrogen and oxygen atoms in total. The van der Waals surface area contributed by atoms with Crippen molar-refractivity contribution in [2.45, 2.75) is 23.1 Å². The van der Waals surface area contributed by atoms with Crippen LogP contribution in [-0.4, -0.2) is 21.7 Å². The van der Waals surface area contributed by atoms with E-state index in [1.807, 2.05) is 6.92 Å². The second-order valence-electron chi connectivity index (χ2n) is 3.51. The van der Waals surface area contributed by atoms with Crippen molar-refractivity contribution in [1.82, 2.24) is 10.2 Å². The second-order valence-corrected chi connectivity index (χ2v) is 6.01. The van der Waals surface area contributed by atoms with Crippen molar-refractivity contribution in [2.24, 2.45) is 0 Å². The maximum atomic E-state index is 10.9. The summed E-state index contributed by atoms with van der Waals surface area (Å²) in [6, 6.07) is 4.78. The Labute approximate surface area is 118 Å². The Morgan fingerprint density at radius 3 is 2.84 bits per heavy atom. The predicted octanol–water partition coefficient (Wildman–Crippen LogP) is 3.30. The maximum absolute atomic E-state index is 10.9. The minimum atomic E-state index is -0.450. The molecule has 8 heteroatoms. The average molecular weight is 297 g/mol. The number of aromatic nitrogens is 2. The van der Waals surface area contributed by atoms with Gasteiger partial charge in [-0.15, -0.1) is 10.2 Å². The third-order valence-electron chi connectivity index (χ3n) is 2.14. The highest BCUT2D eigenvalue weighted by molar-refractivity contribution is 8.01. The van der Waals surface area contributed by atoms with E-state index in [4.69, 9.17) is 4.74 Å². The zero-order valence-corrected chi connectivity index (χ0v) is 12.0. The van der Waals surface area contributed by atoms with Crippen LogP contribution >= 0.6 is 23.1 Å². The zero-order chi connectivity index (χ0) is 13.8. The van der Waals surface area contributed by atoms with Crippen LogP contribution in [0.5, 0.6) is 5.75 Å². The Morgan fingerprint density at radius 2 is 2.26 bits per heavy atom. The molecule has 1 aromatic heterocycles. The van der Waals surface area contributed by atoms with Crippen LogP contribution in [0.15, 0.2) is 27.4 Å². The molecule has 0 unspecified atom stereocenters. The van der Waals surface area contributed by atoms with Crippen LogP contribution in [0.1, 0.15) is 11.9 Å². The van der Waals surface area contributed by atoms with Crippen molar-refractivity contribution in [3.8, 4) is 5.75 Å². The molecular weight excluding hydrogens is 286 g/mol. The number of hydrogen-bond acceptors (Lipinski definition) is 7. The summed E-state index contributed by atoms with van der Waals surface area (Å²) < 4.78 is 6.09. The summed E-state index contributed by atoms with van der Waals surface area (Å²) in [5, 5.41) is 19.7. The van der Waals surface area contributed by atoms with Crippen LogP contribution in [0.3, 0.4) is 0 Å². The Morgan fingerprint density at radius 1 is 1.47 bits per heavy atom. The smallest absolute Gasteiger partial charge is 0.310 e. The topological polar surface area (TPSA) is 78.2 Å². The number of nitrogens with zero attached hydrogens (tertiary/aromatic N) is 3. The van der Waals surface area contributed by atoms with Crippen LogP contribution in [-0.2, 0) is 0 Å². The summed E-state index contributed by atoms with van der Waals surface area (Å²) in [6.45, 7) is 4.05. The predicted molar refractivity (Wildman–Crippen MR) is 73.0 cm³/mol.